The molecule has 148 valence electrons. The van der Waals surface area contributed by atoms with E-state index in [0.717, 1.165) is 12.1 Å². The Balaban J connectivity index is 2.10. The number of primary amides is 1. The summed E-state index contributed by atoms with van der Waals surface area (Å²) in [5.74, 6) is -0.0205. The molecule has 1 aromatic carbocycles. The van der Waals surface area contributed by atoms with Crippen molar-refractivity contribution in [1.82, 2.24) is 19.3 Å². The van der Waals surface area contributed by atoms with E-state index in [1.807, 2.05) is 25.3 Å². The number of rotatable bonds is 7. The van der Waals surface area contributed by atoms with E-state index < -0.39 is 5.91 Å². The lowest BCUT2D eigenvalue weighted by atomic mass is 10.1. The molecule has 3 rings (SSSR count). The summed E-state index contributed by atoms with van der Waals surface area (Å²) in [4.78, 5) is 29.0. The zero-order valence-corrected chi connectivity index (χ0v) is 16.4. The Morgan fingerprint density at radius 3 is 2.61 bits per heavy atom. The predicted molar refractivity (Wildman–Crippen MR) is 106 cm³/mol. The lowest BCUT2D eigenvalue weighted by Gasteiger charge is -2.11. The van der Waals surface area contributed by atoms with Crippen LogP contribution in [0.25, 0.3) is 11.0 Å². The van der Waals surface area contributed by atoms with Crippen LogP contribution in [0.2, 0.25) is 0 Å². The van der Waals surface area contributed by atoms with Crippen LogP contribution >= 0.6 is 0 Å². The van der Waals surface area contributed by atoms with Gasteiger partial charge in [-0.05, 0) is 38.5 Å². The number of aromatic nitrogens is 4. The number of carbonyl (C=O) groups is 2. The van der Waals surface area contributed by atoms with E-state index in [4.69, 9.17) is 10.5 Å². The number of imidazole rings is 1. The summed E-state index contributed by atoms with van der Waals surface area (Å²) in [5, 5.41) is 7.18. The largest absolute Gasteiger partial charge is 0.494 e. The number of amides is 2. The van der Waals surface area contributed by atoms with Gasteiger partial charge in [-0.1, -0.05) is 6.92 Å². The molecule has 3 aromatic rings. The van der Waals surface area contributed by atoms with Crippen molar-refractivity contribution in [2.24, 2.45) is 5.73 Å². The summed E-state index contributed by atoms with van der Waals surface area (Å²) in [7, 11) is 1.52. The molecule has 0 aliphatic carbocycles. The van der Waals surface area contributed by atoms with E-state index in [1.54, 1.807) is 22.9 Å². The van der Waals surface area contributed by atoms with Crippen LogP contribution in [0.1, 0.15) is 46.8 Å². The molecule has 0 bridgehead atoms. The number of hydrogen-bond acceptors (Lipinski definition) is 5. The van der Waals surface area contributed by atoms with Gasteiger partial charge < -0.3 is 15.0 Å². The summed E-state index contributed by atoms with van der Waals surface area (Å²) >= 11 is 0. The quantitative estimate of drug-likeness (QED) is 0.648. The summed E-state index contributed by atoms with van der Waals surface area (Å²) in [6, 6.07) is 4.92. The molecule has 2 aromatic heterocycles. The second-order valence-electron chi connectivity index (χ2n) is 6.44. The maximum atomic E-state index is 12.8. The first-order valence-corrected chi connectivity index (χ1v) is 9.13. The van der Waals surface area contributed by atoms with Gasteiger partial charge in [0.15, 0.2) is 0 Å². The number of benzene rings is 1. The third-order valence-corrected chi connectivity index (χ3v) is 4.42. The number of nitrogens with zero attached hydrogens (tertiary/aromatic N) is 4. The molecule has 0 unspecified atom stereocenters. The molecule has 9 nitrogen and oxygen atoms in total. The van der Waals surface area contributed by atoms with Crippen molar-refractivity contribution >= 4 is 28.8 Å². The van der Waals surface area contributed by atoms with Gasteiger partial charge in [-0.3, -0.25) is 19.6 Å². The molecule has 0 saturated carbocycles. The Labute approximate surface area is 162 Å². The van der Waals surface area contributed by atoms with Crippen LogP contribution in [-0.2, 0) is 13.1 Å². The lowest BCUT2D eigenvalue weighted by Crippen LogP contribution is -2.20. The number of carbonyl (C=O) groups excluding carboxylic acids is 2. The van der Waals surface area contributed by atoms with Gasteiger partial charge in [-0.25, -0.2) is 4.98 Å². The molecular weight excluding hydrogens is 360 g/mol. The molecule has 0 spiro atoms. The Hall–Kier alpha value is -3.36. The SMILES string of the molecule is CCCn1c(NC(=O)c2cc(C)nn2CC)nc2cc(C(N)=O)cc(OC)c21. The predicted octanol–water partition coefficient (Wildman–Crippen LogP) is 2.33. The second-order valence-corrected chi connectivity index (χ2v) is 6.44. The van der Waals surface area contributed by atoms with Crippen LogP contribution in [0.4, 0.5) is 5.95 Å². The zero-order valence-electron chi connectivity index (χ0n) is 16.4. The molecule has 9 heteroatoms. The minimum absolute atomic E-state index is 0.294. The van der Waals surface area contributed by atoms with Crippen molar-refractivity contribution in [1.29, 1.82) is 0 Å². The van der Waals surface area contributed by atoms with Crippen LogP contribution in [0, 0.1) is 6.92 Å². The van der Waals surface area contributed by atoms with Gasteiger partial charge in [0.1, 0.15) is 17.0 Å². The molecule has 28 heavy (non-hydrogen) atoms. The number of fused-ring (bicyclic) bond motifs is 1. The average Bonchev–Trinajstić information content (AvgIpc) is 3.21. The number of hydrogen-bond donors (Lipinski definition) is 2. The molecule has 0 radical (unpaired) electrons. The normalized spacial score (nSPS) is 11.0. The van der Waals surface area contributed by atoms with E-state index in [0.29, 0.717) is 47.1 Å². The number of ether oxygens (including phenoxy) is 1. The molecule has 0 aliphatic heterocycles. The van der Waals surface area contributed by atoms with E-state index >= 15 is 0 Å². The highest BCUT2D eigenvalue weighted by molar-refractivity contribution is 6.04. The van der Waals surface area contributed by atoms with Crippen molar-refractivity contribution in [3.8, 4) is 5.75 Å². The van der Waals surface area contributed by atoms with Crippen LogP contribution < -0.4 is 15.8 Å². The number of anilines is 1. The first-order chi connectivity index (χ1) is 13.4. The van der Waals surface area contributed by atoms with E-state index in [9.17, 15) is 9.59 Å². The van der Waals surface area contributed by atoms with Crippen molar-refractivity contribution < 1.29 is 14.3 Å². The summed E-state index contributed by atoms with van der Waals surface area (Å²) in [5.41, 5.74) is 8.16. The van der Waals surface area contributed by atoms with Crippen molar-refractivity contribution in [3.63, 3.8) is 0 Å². The molecular formula is C19H24N6O3. The summed E-state index contributed by atoms with van der Waals surface area (Å²) in [6.45, 7) is 6.98. The van der Waals surface area contributed by atoms with Gasteiger partial charge in [-0.2, -0.15) is 5.10 Å². The van der Waals surface area contributed by atoms with Gasteiger partial charge in [0, 0.05) is 18.7 Å². The Morgan fingerprint density at radius 1 is 1.25 bits per heavy atom. The Morgan fingerprint density at radius 2 is 2.00 bits per heavy atom. The first kappa shape index (κ1) is 19.4. The van der Waals surface area contributed by atoms with Gasteiger partial charge in [0.05, 0.1) is 18.3 Å². The monoisotopic (exact) mass is 384 g/mol. The van der Waals surface area contributed by atoms with Gasteiger partial charge in [0.25, 0.3) is 5.91 Å². The molecule has 0 fully saturated rings. The number of nitrogens with one attached hydrogen (secondary N) is 1. The second kappa shape index (κ2) is 7.71. The minimum atomic E-state index is -0.571. The van der Waals surface area contributed by atoms with Crippen LogP contribution in [0.3, 0.4) is 0 Å². The van der Waals surface area contributed by atoms with Crippen LogP contribution in [0.15, 0.2) is 18.2 Å². The molecule has 0 saturated heterocycles. The maximum Gasteiger partial charge on any atom is 0.276 e. The molecule has 0 atom stereocenters. The van der Waals surface area contributed by atoms with Crippen molar-refractivity contribution in [3.05, 3.63) is 35.2 Å². The number of methoxy groups -OCH3 is 1. The van der Waals surface area contributed by atoms with Gasteiger partial charge in [0.2, 0.25) is 11.9 Å². The van der Waals surface area contributed by atoms with E-state index in [1.165, 1.54) is 7.11 Å². The lowest BCUT2D eigenvalue weighted by molar-refractivity contribution is 0.0995. The average molecular weight is 384 g/mol. The maximum absolute atomic E-state index is 12.8. The number of aryl methyl sites for hydroxylation is 3. The zero-order chi connectivity index (χ0) is 20.4. The Bertz CT molecular complexity index is 1050. The van der Waals surface area contributed by atoms with Gasteiger partial charge in [-0.15, -0.1) is 0 Å². The fraction of sp³-hybridized carbons (Fsp3) is 0.368. The van der Waals surface area contributed by atoms with Crippen molar-refractivity contribution in [2.75, 3.05) is 12.4 Å². The molecule has 2 heterocycles. The van der Waals surface area contributed by atoms with E-state index in [-0.39, 0.29) is 5.91 Å². The first-order valence-electron chi connectivity index (χ1n) is 9.13. The molecule has 2 amide bonds. The highest BCUT2D eigenvalue weighted by atomic mass is 16.5. The highest BCUT2D eigenvalue weighted by Gasteiger charge is 2.21. The summed E-state index contributed by atoms with van der Waals surface area (Å²) < 4.78 is 8.97. The topological polar surface area (TPSA) is 117 Å². The van der Waals surface area contributed by atoms with Crippen molar-refractivity contribution in [2.45, 2.75) is 40.3 Å². The number of nitrogens with two attached hydrogens (primary N) is 1. The third-order valence-electron chi connectivity index (χ3n) is 4.42. The fourth-order valence-electron chi connectivity index (χ4n) is 3.20. The molecule has 0 aliphatic rings. The third kappa shape index (κ3) is 3.42. The minimum Gasteiger partial charge on any atom is -0.494 e. The molecule has 3 N–H and O–H groups in total. The van der Waals surface area contributed by atoms with Gasteiger partial charge >= 0.3 is 0 Å². The van der Waals surface area contributed by atoms with Crippen LogP contribution in [0.5, 0.6) is 5.75 Å². The van der Waals surface area contributed by atoms with E-state index in [2.05, 4.69) is 15.4 Å². The Kier molecular flexibility index (Phi) is 5.34. The fourth-order valence-corrected chi connectivity index (χ4v) is 3.20. The smallest absolute Gasteiger partial charge is 0.276 e. The summed E-state index contributed by atoms with van der Waals surface area (Å²) in [6.07, 6.45) is 0.820. The standard InChI is InChI=1S/C19H24N6O3/c1-5-7-24-16-13(9-12(17(20)26)10-15(16)28-4)21-19(24)22-18(27)14-8-11(3)23-25(14)6-2/h8-10H,5-7H2,1-4H3,(H2,20,26)(H,21,22,27). The highest BCUT2D eigenvalue weighted by Crippen LogP contribution is 2.31. The van der Waals surface area contributed by atoms with Crippen LogP contribution in [-0.4, -0.2) is 38.3 Å².